The number of hydrogen-bond acceptors (Lipinski definition) is 20. The Morgan fingerprint density at radius 3 is 0.459 bits per heavy atom. The third-order valence-electron chi connectivity index (χ3n) is 15.4. The normalized spacial score (nSPS) is 12.5. The van der Waals surface area contributed by atoms with Gasteiger partial charge in [0.2, 0.25) is 47.3 Å². The summed E-state index contributed by atoms with van der Waals surface area (Å²) in [5, 5.41) is 1.85. The summed E-state index contributed by atoms with van der Waals surface area (Å²) < 4.78 is 132. The van der Waals surface area contributed by atoms with Crippen LogP contribution >= 0.6 is 0 Å². The van der Waals surface area contributed by atoms with Gasteiger partial charge in [-0.2, -0.15) is 0 Å². The van der Waals surface area contributed by atoms with Crippen molar-refractivity contribution in [3.8, 4) is 0 Å². The van der Waals surface area contributed by atoms with Crippen LogP contribution in [0.4, 0.5) is 0 Å². The molecule has 0 fully saturated rings. The maximum atomic E-state index is 11.7. The minimum atomic E-state index is -4.89. The third-order valence-corrected chi connectivity index (χ3v) is 19.7. The summed E-state index contributed by atoms with van der Waals surface area (Å²) >= 11 is 0. The number of unbranched alkanes of at least 4 members (excludes halogenated alkanes) is 36. The number of nitrogens with two attached hydrogens (primary N) is 4. The second kappa shape index (κ2) is 68.4. The van der Waals surface area contributed by atoms with Crippen molar-refractivity contribution < 1.29 is 90.2 Å². The molecule has 8 amide bonds. The summed E-state index contributed by atoms with van der Waals surface area (Å²) in [5.41, 5.74) is 19.5. The molecular weight excluding hydrogens is 1380 g/mol. The molecule has 0 aliphatic rings. The van der Waals surface area contributed by atoms with E-state index >= 15 is 0 Å². The van der Waals surface area contributed by atoms with E-state index in [1.54, 1.807) is 0 Å². The van der Waals surface area contributed by atoms with Gasteiger partial charge in [0.15, 0.2) is 0 Å². The van der Waals surface area contributed by atoms with E-state index in [9.17, 15) is 90.2 Å². The number of amides is 8. The molecule has 0 aromatic heterocycles. The van der Waals surface area contributed by atoms with Crippen molar-refractivity contribution in [2.75, 3.05) is 26.2 Å². The Morgan fingerprint density at radius 1 is 0.245 bits per heavy atom. The number of carbonyl (C=O) groups excluding carboxylic acids is 8. The van der Waals surface area contributed by atoms with E-state index in [2.05, 4.69) is 49.0 Å². The summed E-state index contributed by atoms with van der Waals surface area (Å²) in [6.07, 6.45) is 42.7. The average molecular weight is 1500 g/mol. The van der Waals surface area contributed by atoms with Crippen molar-refractivity contribution >= 4 is 134 Å². The summed E-state index contributed by atoms with van der Waals surface area (Å²) in [6, 6.07) is 0. The SMILES string of the molecule is CCCCCCCCCCCCNC(=O)C(CC(N)=O)S(=O)(=O)[O-].CCCCCCCCCCCCNC(=O)C(CC(N)=O)S(=O)(=O)[O-].CCCCCCCCCCCCNC(=O)C(CC(N)=O)S(=O)(=O)[O-].CCCCCCCCCCCCNC(=O)C(CC(N)=O)S(=O)(=O)[O-].[Mg+2].[Mg+2]. The van der Waals surface area contributed by atoms with Gasteiger partial charge >= 0.3 is 46.1 Å². The average Bonchev–Trinajstić information content (AvgIpc) is 0.912. The van der Waals surface area contributed by atoms with Gasteiger partial charge in [-0.1, -0.05) is 259 Å². The fourth-order valence-corrected chi connectivity index (χ4v) is 12.6. The maximum Gasteiger partial charge on any atom is 2.00 e. The van der Waals surface area contributed by atoms with Crippen LogP contribution in [0.3, 0.4) is 0 Å². The van der Waals surface area contributed by atoms with E-state index in [1.807, 2.05) is 0 Å². The molecular formula is C64H124Mg2N8O20S4. The molecule has 0 rings (SSSR count). The van der Waals surface area contributed by atoms with Crippen LogP contribution in [-0.2, 0) is 78.8 Å². The first-order chi connectivity index (χ1) is 45.1. The quantitative estimate of drug-likeness (QED) is 0.0183. The van der Waals surface area contributed by atoms with Gasteiger partial charge in [0.1, 0.15) is 61.5 Å². The van der Waals surface area contributed by atoms with E-state index < -0.39 is 134 Å². The monoisotopic (exact) mass is 1500 g/mol. The van der Waals surface area contributed by atoms with Crippen LogP contribution in [0.2, 0.25) is 0 Å². The number of carbonyl (C=O) groups is 8. The van der Waals surface area contributed by atoms with Crippen molar-refractivity contribution in [3.63, 3.8) is 0 Å². The summed E-state index contributed by atoms with van der Waals surface area (Å²) in [4.78, 5) is 89.8. The molecule has 0 saturated heterocycles. The molecule has 12 N–H and O–H groups in total. The van der Waals surface area contributed by atoms with Crippen LogP contribution in [0, 0.1) is 0 Å². The van der Waals surface area contributed by atoms with Crippen molar-refractivity contribution in [2.24, 2.45) is 22.9 Å². The minimum absolute atomic E-state index is 0. The number of nitrogens with one attached hydrogen (secondary N) is 4. The van der Waals surface area contributed by atoms with Crippen LogP contribution in [0.1, 0.15) is 310 Å². The van der Waals surface area contributed by atoms with Crippen molar-refractivity contribution in [1.29, 1.82) is 0 Å². The van der Waals surface area contributed by atoms with Gasteiger partial charge in [-0.25, -0.2) is 33.7 Å². The molecule has 0 radical (unpaired) electrons. The first-order valence-corrected chi connectivity index (χ1v) is 41.1. The Morgan fingerprint density at radius 2 is 0.357 bits per heavy atom. The molecule has 28 nitrogen and oxygen atoms in total. The van der Waals surface area contributed by atoms with Crippen LogP contribution in [0.25, 0.3) is 0 Å². The third kappa shape index (κ3) is 71.3. The Hall–Kier alpha value is -3.07. The molecule has 0 bridgehead atoms. The first-order valence-electron chi connectivity index (χ1n) is 35.2. The molecule has 0 spiro atoms. The number of hydrogen-bond donors (Lipinski definition) is 8. The second-order valence-electron chi connectivity index (χ2n) is 24.5. The van der Waals surface area contributed by atoms with E-state index in [0.29, 0.717) is 51.9 Å². The molecule has 0 saturated carbocycles. The van der Waals surface area contributed by atoms with Crippen molar-refractivity contribution in [2.45, 2.75) is 331 Å². The topological polar surface area (TPSA) is 518 Å². The second-order valence-corrected chi connectivity index (χ2v) is 30.7. The van der Waals surface area contributed by atoms with E-state index in [1.165, 1.54) is 154 Å². The van der Waals surface area contributed by atoms with Gasteiger partial charge in [0, 0.05) is 26.2 Å². The van der Waals surface area contributed by atoms with Crippen LogP contribution in [0.15, 0.2) is 0 Å². The molecule has 0 aromatic carbocycles. The van der Waals surface area contributed by atoms with Crippen LogP contribution in [0.5, 0.6) is 0 Å². The summed E-state index contributed by atoms with van der Waals surface area (Å²) in [5.74, 6) is -7.75. The maximum absolute atomic E-state index is 11.7. The van der Waals surface area contributed by atoms with Gasteiger partial charge in [0.25, 0.3) is 0 Å². The molecule has 568 valence electrons. The van der Waals surface area contributed by atoms with Crippen LogP contribution < -0.4 is 44.2 Å². The van der Waals surface area contributed by atoms with Crippen LogP contribution in [-0.4, -0.2) is 192 Å². The largest absolute Gasteiger partial charge is 2.00 e. The van der Waals surface area contributed by atoms with Gasteiger partial charge in [-0.15, -0.1) is 0 Å². The van der Waals surface area contributed by atoms with E-state index in [0.717, 1.165) is 77.0 Å². The fraction of sp³-hybridized carbons (Fsp3) is 0.875. The van der Waals surface area contributed by atoms with Gasteiger partial charge < -0.3 is 62.4 Å². The molecule has 0 aromatic rings. The molecule has 0 aliphatic heterocycles. The molecule has 34 heteroatoms. The van der Waals surface area contributed by atoms with Crippen molar-refractivity contribution in [1.82, 2.24) is 21.3 Å². The molecule has 0 heterocycles. The Labute approximate surface area is 621 Å². The zero-order chi connectivity index (χ0) is 73.7. The Kier molecular flexibility index (Phi) is 73.9. The smallest absolute Gasteiger partial charge is 0.747 e. The zero-order valence-corrected chi connectivity index (χ0v) is 65.9. The van der Waals surface area contributed by atoms with Gasteiger partial charge in [-0.05, 0) is 25.7 Å². The predicted molar refractivity (Wildman–Crippen MR) is 380 cm³/mol. The number of rotatable bonds is 60. The minimum Gasteiger partial charge on any atom is -0.747 e. The van der Waals surface area contributed by atoms with Crippen molar-refractivity contribution in [3.05, 3.63) is 0 Å². The Bertz CT molecular complexity index is 2220. The van der Waals surface area contributed by atoms with Gasteiger partial charge in [0.05, 0.1) is 25.7 Å². The zero-order valence-electron chi connectivity index (χ0n) is 59.8. The predicted octanol–water partition coefficient (Wildman–Crippen LogP) is 6.49. The molecule has 4 unspecified atom stereocenters. The number of primary amides is 4. The van der Waals surface area contributed by atoms with E-state index in [4.69, 9.17) is 22.9 Å². The molecule has 98 heavy (non-hydrogen) atoms. The summed E-state index contributed by atoms with van der Waals surface area (Å²) in [6.45, 7) is 9.95. The van der Waals surface area contributed by atoms with E-state index in [-0.39, 0.29) is 46.1 Å². The standard InChI is InChI=1S/4C16H32N2O5S.2Mg/c4*1-2-3-4-5-6-7-8-9-10-11-12-18-16(20)14(13-15(17)19)24(21,22)23;;/h4*14H,2-13H2,1H3,(H2,17,19)(H,18,20)(H,21,22,23);;/q;;;;2*+2/p-4. The Balaban J connectivity index is -0.000000286. The van der Waals surface area contributed by atoms with Gasteiger partial charge in [-0.3, -0.25) is 38.4 Å². The first kappa shape index (κ1) is 106. The summed E-state index contributed by atoms with van der Waals surface area (Å²) in [7, 11) is -19.5. The molecule has 4 atom stereocenters. The molecule has 0 aliphatic carbocycles. The fourth-order valence-electron chi connectivity index (χ4n) is 9.79.